The van der Waals surface area contributed by atoms with Crippen molar-refractivity contribution in [3.63, 3.8) is 0 Å². The Morgan fingerprint density at radius 1 is 1.12 bits per heavy atom. The number of halogens is 2. The summed E-state index contributed by atoms with van der Waals surface area (Å²) in [6.07, 6.45) is 5.63. The van der Waals surface area contributed by atoms with Crippen molar-refractivity contribution < 1.29 is 16.5 Å². The fourth-order valence-electron chi connectivity index (χ4n) is 1.93. The number of nitrogens with one attached hydrogen (secondary N) is 2. The molecule has 0 spiro atoms. The third-order valence-electron chi connectivity index (χ3n) is 2.66. The molecule has 0 saturated heterocycles. The Bertz CT molecular complexity index is 139. The maximum absolute atomic E-state index is 7.60. The van der Waals surface area contributed by atoms with Crippen LogP contribution in [0.4, 0.5) is 0 Å². The first kappa shape index (κ1) is 19.5. The first-order valence-corrected chi connectivity index (χ1v) is 11.5. The van der Waals surface area contributed by atoms with E-state index >= 15 is 0 Å². The van der Waals surface area contributed by atoms with Crippen LogP contribution < -0.4 is 0 Å². The molecule has 16 heavy (non-hydrogen) atoms. The zero-order chi connectivity index (χ0) is 13.0. The summed E-state index contributed by atoms with van der Waals surface area (Å²) in [5.41, 5.74) is 15.1. The predicted octanol–water partition coefficient (Wildman–Crippen LogP) is 5.83. The molecule has 1 fully saturated rings. The van der Waals surface area contributed by atoms with Gasteiger partial charge in [0, 0.05) is 0 Å². The zero-order valence-corrected chi connectivity index (χ0v) is 14.1. The van der Waals surface area contributed by atoms with Gasteiger partial charge in [-0.1, -0.05) is 52.9 Å². The second-order valence-electron chi connectivity index (χ2n) is 3.73. The summed E-state index contributed by atoms with van der Waals surface area (Å²) >= 11 is -0.472. The molecule has 1 aliphatic rings. The van der Waals surface area contributed by atoms with E-state index in [0.29, 0.717) is 0 Å². The molecule has 0 aromatic heterocycles. The van der Waals surface area contributed by atoms with E-state index in [0.717, 1.165) is 18.8 Å². The van der Waals surface area contributed by atoms with E-state index in [4.69, 9.17) is 30.3 Å². The van der Waals surface area contributed by atoms with Gasteiger partial charge in [0.25, 0.3) is 0 Å². The number of hydrogen-bond donors (Lipinski definition) is 0. The standard InChI is InChI=1S/C9H18N2.C2H6.2ClH.Pt/c1-2-3-7-4-5-8(10)9(11)6-7;1-2;;;/h7-11H,2-6H2,1H3;1-2H3;2*1H;/q-2;;;;+4/p-2. The van der Waals surface area contributed by atoms with Crippen molar-refractivity contribution in [1.29, 1.82) is 0 Å². The molecule has 102 valence electrons. The molecule has 0 aliphatic heterocycles. The minimum atomic E-state index is -0.472. The Morgan fingerprint density at radius 2 is 1.62 bits per heavy atom. The van der Waals surface area contributed by atoms with Gasteiger partial charge in [0.2, 0.25) is 0 Å². The molecule has 2 nitrogen and oxygen atoms in total. The van der Waals surface area contributed by atoms with Gasteiger partial charge in [0.05, 0.1) is 0 Å². The summed E-state index contributed by atoms with van der Waals surface area (Å²) in [5.74, 6) is 0.754. The molecule has 3 unspecified atom stereocenters. The number of rotatable bonds is 2. The van der Waals surface area contributed by atoms with Gasteiger partial charge in [-0.05, 0) is 5.92 Å². The van der Waals surface area contributed by atoms with Crippen LogP contribution in [-0.4, -0.2) is 12.1 Å². The van der Waals surface area contributed by atoms with Crippen LogP contribution in [0.1, 0.15) is 52.9 Å². The van der Waals surface area contributed by atoms with E-state index in [1.54, 1.807) is 0 Å². The molecule has 5 heteroatoms. The summed E-state index contributed by atoms with van der Waals surface area (Å²) < 4.78 is 0. The van der Waals surface area contributed by atoms with E-state index in [9.17, 15) is 0 Å². The van der Waals surface area contributed by atoms with Gasteiger partial charge in [-0.25, -0.2) is 0 Å². The van der Waals surface area contributed by atoms with Crippen molar-refractivity contribution in [2.24, 2.45) is 5.92 Å². The van der Waals surface area contributed by atoms with Crippen LogP contribution in [0.3, 0.4) is 0 Å². The molecule has 1 rings (SSSR count). The average Bonchev–Trinajstić information content (AvgIpc) is 2.28. The molecule has 0 amide bonds. The van der Waals surface area contributed by atoms with E-state index < -0.39 is 16.5 Å². The van der Waals surface area contributed by atoms with Crippen molar-refractivity contribution >= 4 is 18.8 Å². The maximum atomic E-state index is 7.60. The van der Waals surface area contributed by atoms with Crippen molar-refractivity contribution in [2.75, 3.05) is 0 Å². The minimum absolute atomic E-state index is 0.0943. The quantitative estimate of drug-likeness (QED) is 0.508. The van der Waals surface area contributed by atoms with Gasteiger partial charge in [0.1, 0.15) is 0 Å². The first-order valence-electron chi connectivity index (χ1n) is 5.90. The average molecular weight is 450 g/mol. The van der Waals surface area contributed by atoms with Crippen LogP contribution in [0.15, 0.2) is 0 Å². The molecule has 2 N–H and O–H groups in total. The molecule has 0 heterocycles. The Hall–Kier alpha value is 1.19. The molecule has 3 atom stereocenters. The van der Waals surface area contributed by atoms with Crippen LogP contribution in [0.5, 0.6) is 0 Å². The van der Waals surface area contributed by atoms with E-state index in [1.165, 1.54) is 19.3 Å². The van der Waals surface area contributed by atoms with Crippen LogP contribution in [0, 0.1) is 5.92 Å². The third kappa shape index (κ3) is 10.3. The van der Waals surface area contributed by atoms with E-state index in [2.05, 4.69) is 6.92 Å². The Labute approximate surface area is 117 Å². The second kappa shape index (κ2) is 14.3. The summed E-state index contributed by atoms with van der Waals surface area (Å²) in [6.45, 7) is 6.20. The van der Waals surface area contributed by atoms with Crippen molar-refractivity contribution in [1.82, 2.24) is 0 Å². The van der Waals surface area contributed by atoms with E-state index in [1.807, 2.05) is 13.8 Å². The molecule has 1 aliphatic carbocycles. The topological polar surface area (TPSA) is 47.6 Å². The molecule has 0 bridgehead atoms. The fraction of sp³-hybridized carbons (Fsp3) is 1.00. The molecular formula is C11H24Cl2N2Pt. The van der Waals surface area contributed by atoms with Gasteiger partial charge < -0.3 is 11.5 Å². The van der Waals surface area contributed by atoms with Crippen LogP contribution in [0.25, 0.3) is 11.5 Å². The number of hydrogen-bond acceptors (Lipinski definition) is 0. The summed E-state index contributed by atoms with van der Waals surface area (Å²) in [4.78, 5) is 0. The van der Waals surface area contributed by atoms with E-state index in [-0.39, 0.29) is 12.1 Å². The SMILES string of the molecule is CC.CCCC1CCC([NH-])C([NH-])C1.[Cl][Pt+2][Cl]. The summed E-state index contributed by atoms with van der Waals surface area (Å²) in [6, 6.07) is -0.191. The monoisotopic (exact) mass is 449 g/mol. The Kier molecular flexibility index (Phi) is 17.4. The van der Waals surface area contributed by atoms with Crippen LogP contribution >= 0.6 is 18.8 Å². The van der Waals surface area contributed by atoms with Crippen molar-refractivity contribution in [2.45, 2.75) is 65.0 Å². The Morgan fingerprint density at radius 3 is 2.00 bits per heavy atom. The van der Waals surface area contributed by atoms with Gasteiger partial charge in [0.15, 0.2) is 0 Å². The van der Waals surface area contributed by atoms with Crippen LogP contribution in [0.2, 0.25) is 0 Å². The van der Waals surface area contributed by atoms with Gasteiger partial charge >= 0.3 is 35.3 Å². The fourth-order valence-corrected chi connectivity index (χ4v) is 1.93. The molecule has 1 saturated carbocycles. The van der Waals surface area contributed by atoms with Crippen molar-refractivity contribution in [3.05, 3.63) is 11.5 Å². The molecular weight excluding hydrogens is 426 g/mol. The molecule has 0 radical (unpaired) electrons. The van der Waals surface area contributed by atoms with Crippen molar-refractivity contribution in [3.8, 4) is 0 Å². The molecule has 0 aromatic rings. The second-order valence-corrected chi connectivity index (χ2v) is 7.01. The first-order chi connectivity index (χ1) is 7.65. The molecule has 0 aromatic carbocycles. The summed E-state index contributed by atoms with van der Waals surface area (Å²) in [7, 11) is 9.75. The Balaban J connectivity index is 0. The zero-order valence-electron chi connectivity index (χ0n) is 10.3. The van der Waals surface area contributed by atoms with Gasteiger partial charge in [-0.15, -0.1) is 0 Å². The summed E-state index contributed by atoms with van der Waals surface area (Å²) in [5, 5.41) is 0. The predicted molar refractivity (Wildman–Crippen MR) is 71.5 cm³/mol. The van der Waals surface area contributed by atoms with Gasteiger partial charge in [-0.3, -0.25) is 0 Å². The normalized spacial score (nSPS) is 28.6. The third-order valence-corrected chi connectivity index (χ3v) is 2.66. The van der Waals surface area contributed by atoms with Gasteiger partial charge in [-0.2, -0.15) is 12.1 Å². The van der Waals surface area contributed by atoms with Crippen LogP contribution in [-0.2, 0) is 16.5 Å².